The van der Waals surface area contributed by atoms with Crippen LogP contribution < -0.4 is 5.73 Å². The predicted octanol–water partition coefficient (Wildman–Crippen LogP) is -0.378. The van der Waals surface area contributed by atoms with Gasteiger partial charge in [-0.1, -0.05) is 0 Å². The van der Waals surface area contributed by atoms with E-state index < -0.39 is 6.10 Å². The highest BCUT2D eigenvalue weighted by atomic mass is 16.3. The second-order valence-electron chi connectivity index (χ2n) is 4.35. The Morgan fingerprint density at radius 1 is 1.50 bits per heavy atom. The summed E-state index contributed by atoms with van der Waals surface area (Å²) in [6.45, 7) is -0.220. The van der Waals surface area contributed by atoms with Crippen LogP contribution in [0.4, 0.5) is 5.82 Å². The van der Waals surface area contributed by atoms with Crippen molar-refractivity contribution < 1.29 is 10.2 Å². The molecule has 2 aromatic rings. The summed E-state index contributed by atoms with van der Waals surface area (Å²) in [5.74, 6) is 0.381. The Morgan fingerprint density at radius 3 is 3.11 bits per heavy atom. The molecule has 0 spiro atoms. The number of aromatic nitrogens is 4. The van der Waals surface area contributed by atoms with Crippen LogP contribution in [0.2, 0.25) is 0 Å². The number of anilines is 1. The zero-order valence-corrected chi connectivity index (χ0v) is 9.56. The number of nitrogens with two attached hydrogens (primary N) is 1. The van der Waals surface area contributed by atoms with Gasteiger partial charge in [0.15, 0.2) is 17.0 Å². The third-order valence-electron chi connectivity index (χ3n) is 3.12. The van der Waals surface area contributed by atoms with Gasteiger partial charge in [-0.25, -0.2) is 15.0 Å². The largest absolute Gasteiger partial charge is 0.394 e. The molecule has 2 aromatic heterocycles. The Labute approximate surface area is 103 Å². The molecule has 7 heteroatoms. The average molecular weight is 247 g/mol. The van der Waals surface area contributed by atoms with Crippen LogP contribution in [0, 0.1) is 5.92 Å². The lowest BCUT2D eigenvalue weighted by molar-refractivity contribution is 0.0815. The average Bonchev–Trinajstić information content (AvgIpc) is 3.02. The fourth-order valence-corrected chi connectivity index (χ4v) is 2.00. The van der Waals surface area contributed by atoms with Gasteiger partial charge < -0.3 is 15.9 Å². The van der Waals surface area contributed by atoms with Gasteiger partial charge in [0.2, 0.25) is 0 Å². The van der Waals surface area contributed by atoms with Gasteiger partial charge in [0.25, 0.3) is 0 Å². The molecule has 2 heterocycles. The van der Waals surface area contributed by atoms with Crippen LogP contribution in [0.3, 0.4) is 0 Å². The Bertz CT molecular complexity index is 621. The molecule has 1 saturated carbocycles. The normalized spacial score (nSPS) is 22.6. The van der Waals surface area contributed by atoms with E-state index in [0.717, 1.165) is 12.0 Å². The van der Waals surface area contributed by atoms with Crippen LogP contribution in [-0.2, 0) is 0 Å². The van der Waals surface area contributed by atoms with Crippen molar-refractivity contribution >= 4 is 23.2 Å². The highest BCUT2D eigenvalue weighted by Gasteiger charge is 2.36. The van der Waals surface area contributed by atoms with Crippen LogP contribution in [0.5, 0.6) is 0 Å². The van der Waals surface area contributed by atoms with Gasteiger partial charge >= 0.3 is 0 Å². The van der Waals surface area contributed by atoms with Gasteiger partial charge in [-0.3, -0.25) is 4.57 Å². The summed E-state index contributed by atoms with van der Waals surface area (Å²) < 4.78 is 1.76. The van der Waals surface area contributed by atoms with Crippen molar-refractivity contribution in [2.24, 2.45) is 5.92 Å². The van der Waals surface area contributed by atoms with E-state index >= 15 is 0 Å². The van der Waals surface area contributed by atoms with Gasteiger partial charge in [-0.05, 0) is 12.0 Å². The lowest BCUT2D eigenvalue weighted by atomic mass is 10.2. The van der Waals surface area contributed by atoms with E-state index in [-0.39, 0.29) is 12.5 Å². The zero-order chi connectivity index (χ0) is 12.7. The Kier molecular flexibility index (Phi) is 2.49. The van der Waals surface area contributed by atoms with Gasteiger partial charge in [0.05, 0.1) is 12.7 Å². The number of hydrogen-bond donors (Lipinski definition) is 3. The number of imidazole rings is 1. The number of fused-ring (bicyclic) bond motifs is 1. The third-order valence-corrected chi connectivity index (χ3v) is 3.12. The first-order valence-electron chi connectivity index (χ1n) is 5.63. The summed E-state index contributed by atoms with van der Waals surface area (Å²) in [7, 11) is 0. The minimum Gasteiger partial charge on any atom is -0.394 e. The third kappa shape index (κ3) is 1.73. The molecular formula is C11H13N5O2. The quantitative estimate of drug-likeness (QED) is 0.682. The second kappa shape index (κ2) is 4.04. The number of nitrogen functional groups attached to an aromatic ring is 1. The van der Waals surface area contributed by atoms with Crippen molar-refractivity contribution in [2.45, 2.75) is 12.5 Å². The second-order valence-corrected chi connectivity index (χ2v) is 4.35. The van der Waals surface area contributed by atoms with E-state index in [1.54, 1.807) is 10.9 Å². The number of aliphatic hydroxyl groups excluding tert-OH is 2. The summed E-state index contributed by atoms with van der Waals surface area (Å²) in [6.07, 6.45) is 4.96. The Balaban J connectivity index is 1.93. The first-order valence-corrected chi connectivity index (χ1v) is 5.63. The van der Waals surface area contributed by atoms with Gasteiger partial charge in [-0.2, -0.15) is 0 Å². The fourth-order valence-electron chi connectivity index (χ4n) is 2.00. The molecule has 7 nitrogen and oxygen atoms in total. The topological polar surface area (TPSA) is 110 Å². The maximum absolute atomic E-state index is 9.49. The highest BCUT2D eigenvalue weighted by molar-refractivity contribution is 5.82. The van der Waals surface area contributed by atoms with E-state index in [1.165, 1.54) is 6.33 Å². The van der Waals surface area contributed by atoms with Crippen LogP contribution in [0.15, 0.2) is 18.2 Å². The first kappa shape index (κ1) is 11.1. The molecule has 4 N–H and O–H groups in total. The molecule has 1 aliphatic carbocycles. The molecule has 2 atom stereocenters. The van der Waals surface area contributed by atoms with Crippen molar-refractivity contribution in [2.75, 3.05) is 12.3 Å². The Hall–Kier alpha value is -1.99. The lowest BCUT2D eigenvalue weighted by Gasteiger charge is -2.01. The summed E-state index contributed by atoms with van der Waals surface area (Å²) in [5.41, 5.74) is 7.96. The van der Waals surface area contributed by atoms with Gasteiger partial charge in [-0.15, -0.1) is 0 Å². The molecule has 3 rings (SSSR count). The molecule has 0 aromatic carbocycles. The summed E-state index contributed by atoms with van der Waals surface area (Å²) in [6, 6.07) is 0. The first-order chi connectivity index (χ1) is 8.70. The summed E-state index contributed by atoms with van der Waals surface area (Å²) in [5, 5.41) is 18.4. The van der Waals surface area contributed by atoms with E-state index in [1.807, 2.05) is 6.20 Å². The minimum atomic E-state index is -0.689. The lowest BCUT2D eigenvalue weighted by Crippen LogP contribution is -2.14. The SMILES string of the molecule is Nc1ncnc2c1ncn2/C=C1/CC1[C@@H](O)CO. The van der Waals surface area contributed by atoms with E-state index in [9.17, 15) is 5.11 Å². The van der Waals surface area contributed by atoms with Crippen molar-refractivity contribution in [3.8, 4) is 0 Å². The van der Waals surface area contributed by atoms with Crippen LogP contribution in [0.1, 0.15) is 6.42 Å². The fraction of sp³-hybridized carbons (Fsp3) is 0.364. The zero-order valence-electron chi connectivity index (χ0n) is 9.56. The Morgan fingerprint density at radius 2 is 2.33 bits per heavy atom. The van der Waals surface area contributed by atoms with Crippen LogP contribution in [-0.4, -0.2) is 42.4 Å². The molecule has 0 saturated heterocycles. The van der Waals surface area contributed by atoms with Gasteiger partial charge in [0.1, 0.15) is 12.7 Å². The maximum atomic E-state index is 9.49. The summed E-state index contributed by atoms with van der Waals surface area (Å²) >= 11 is 0. The molecular weight excluding hydrogens is 234 g/mol. The highest BCUT2D eigenvalue weighted by Crippen LogP contribution is 2.41. The number of aliphatic hydroxyl groups is 2. The molecule has 0 bridgehead atoms. The molecule has 0 aliphatic heterocycles. The summed E-state index contributed by atoms with van der Waals surface area (Å²) in [4.78, 5) is 12.1. The van der Waals surface area contributed by atoms with E-state index in [4.69, 9.17) is 10.8 Å². The van der Waals surface area contributed by atoms with Crippen molar-refractivity contribution in [3.05, 3.63) is 18.2 Å². The van der Waals surface area contributed by atoms with Gasteiger partial charge in [0, 0.05) is 12.1 Å². The number of hydrogen-bond acceptors (Lipinski definition) is 6. The molecule has 1 aliphatic rings. The molecule has 1 fully saturated rings. The van der Waals surface area contributed by atoms with Crippen molar-refractivity contribution in [1.82, 2.24) is 19.5 Å². The van der Waals surface area contributed by atoms with Crippen LogP contribution >= 0.6 is 0 Å². The molecule has 94 valence electrons. The smallest absolute Gasteiger partial charge is 0.169 e. The molecule has 18 heavy (non-hydrogen) atoms. The molecule has 0 amide bonds. The standard InChI is InChI=1S/C11H13N5O2/c12-10-9-11(14-4-13-10)16(5-15-9)2-6-1-7(6)8(18)3-17/h2,4-5,7-8,17-18H,1,3H2,(H2,12,13,14)/b6-2-/t7?,8-/m0/s1. The maximum Gasteiger partial charge on any atom is 0.169 e. The monoisotopic (exact) mass is 247 g/mol. The van der Waals surface area contributed by atoms with Crippen molar-refractivity contribution in [3.63, 3.8) is 0 Å². The van der Waals surface area contributed by atoms with E-state index in [0.29, 0.717) is 17.0 Å². The molecule has 1 unspecified atom stereocenters. The predicted molar refractivity (Wildman–Crippen MR) is 65.2 cm³/mol. The minimum absolute atomic E-state index is 0.0339. The number of nitrogens with zero attached hydrogens (tertiary/aromatic N) is 4. The van der Waals surface area contributed by atoms with Crippen LogP contribution in [0.25, 0.3) is 17.4 Å². The number of rotatable bonds is 3. The molecule has 0 radical (unpaired) electrons. The van der Waals surface area contributed by atoms with E-state index in [2.05, 4.69) is 15.0 Å². The van der Waals surface area contributed by atoms with Crippen molar-refractivity contribution in [1.29, 1.82) is 0 Å².